The minimum absolute atomic E-state index is 0.0957. The highest BCUT2D eigenvalue weighted by Gasteiger charge is 2.23. The van der Waals surface area contributed by atoms with Crippen LogP contribution < -0.4 is 10.6 Å². The summed E-state index contributed by atoms with van der Waals surface area (Å²) in [5, 5.41) is 6.35. The lowest BCUT2D eigenvalue weighted by Crippen LogP contribution is -2.49. The van der Waals surface area contributed by atoms with Crippen LogP contribution in [0.25, 0.3) is 0 Å². The molecule has 4 heteroatoms. The van der Waals surface area contributed by atoms with Crippen LogP contribution in [-0.2, 0) is 17.8 Å². The van der Waals surface area contributed by atoms with E-state index >= 15 is 0 Å². The summed E-state index contributed by atoms with van der Waals surface area (Å²) in [5.74, 6) is 0.117. The van der Waals surface area contributed by atoms with Crippen molar-refractivity contribution in [3.8, 4) is 0 Å². The van der Waals surface area contributed by atoms with Crippen molar-refractivity contribution < 1.29 is 4.79 Å². The first-order valence-corrected chi connectivity index (χ1v) is 7.54. The molecule has 0 aromatic heterocycles. The number of amides is 1. The molecule has 0 aliphatic carbocycles. The molecule has 1 aliphatic rings. The number of fused-ring (bicyclic) bond motifs is 1. The molecule has 1 atom stereocenters. The van der Waals surface area contributed by atoms with Gasteiger partial charge in [0.2, 0.25) is 5.91 Å². The van der Waals surface area contributed by atoms with Crippen molar-refractivity contribution in [2.45, 2.75) is 32.9 Å². The predicted octanol–water partition coefficient (Wildman–Crippen LogP) is 1.16. The van der Waals surface area contributed by atoms with Crippen molar-refractivity contribution in [3.05, 3.63) is 35.4 Å². The Morgan fingerprint density at radius 1 is 1.30 bits per heavy atom. The van der Waals surface area contributed by atoms with Gasteiger partial charge in [0.25, 0.3) is 0 Å². The van der Waals surface area contributed by atoms with E-state index in [9.17, 15) is 4.79 Å². The van der Waals surface area contributed by atoms with Crippen LogP contribution in [0.2, 0.25) is 0 Å². The number of hydrogen-bond donors (Lipinski definition) is 2. The molecule has 0 fully saturated rings. The molecule has 0 saturated carbocycles. The molecule has 0 saturated heterocycles. The largest absolute Gasteiger partial charge is 0.353 e. The summed E-state index contributed by atoms with van der Waals surface area (Å²) in [5.41, 5.74) is 2.59. The van der Waals surface area contributed by atoms with Crippen LogP contribution in [0.15, 0.2) is 24.3 Å². The fraction of sp³-hybridized carbons (Fsp3) is 0.562. The molecule has 4 nitrogen and oxygen atoms in total. The number of hydrogen-bond acceptors (Lipinski definition) is 3. The number of nitrogens with zero attached hydrogens (tertiary/aromatic N) is 1. The quantitative estimate of drug-likeness (QED) is 0.819. The van der Waals surface area contributed by atoms with Crippen molar-refractivity contribution in [1.29, 1.82) is 0 Å². The summed E-state index contributed by atoms with van der Waals surface area (Å²) in [4.78, 5) is 14.5. The summed E-state index contributed by atoms with van der Waals surface area (Å²) >= 11 is 0. The number of carbonyl (C=O) groups is 1. The second-order valence-corrected chi connectivity index (χ2v) is 5.22. The number of nitrogens with one attached hydrogen (secondary N) is 2. The van der Waals surface area contributed by atoms with Crippen LogP contribution in [0.4, 0.5) is 0 Å². The van der Waals surface area contributed by atoms with Crippen molar-refractivity contribution >= 4 is 5.91 Å². The second kappa shape index (κ2) is 7.41. The van der Waals surface area contributed by atoms with E-state index in [4.69, 9.17) is 0 Å². The Hall–Kier alpha value is -1.39. The molecule has 1 aliphatic heterocycles. The number of carbonyl (C=O) groups excluding carboxylic acids is 1. The maximum Gasteiger partial charge on any atom is 0.237 e. The van der Waals surface area contributed by atoms with Gasteiger partial charge in [-0.2, -0.15) is 0 Å². The minimum Gasteiger partial charge on any atom is -0.353 e. The van der Waals surface area contributed by atoms with Crippen molar-refractivity contribution in [2.75, 3.05) is 26.2 Å². The van der Waals surface area contributed by atoms with Crippen LogP contribution in [0.1, 0.15) is 25.0 Å². The Balaban J connectivity index is 1.80. The molecule has 110 valence electrons. The third kappa shape index (κ3) is 3.81. The van der Waals surface area contributed by atoms with Crippen molar-refractivity contribution in [3.63, 3.8) is 0 Å². The monoisotopic (exact) mass is 275 g/mol. The standard InChI is InChI=1S/C16H25N3O/c1-3-19(4-2)10-9-17-16(20)15-11-13-7-5-6-8-14(13)12-18-15/h5-8,15,18H,3-4,9-12H2,1-2H3,(H,17,20)/t15-/m0/s1. The molecule has 1 aromatic carbocycles. The van der Waals surface area contributed by atoms with Gasteiger partial charge >= 0.3 is 0 Å². The molecule has 0 spiro atoms. The van der Waals surface area contributed by atoms with Crippen LogP contribution in [0.5, 0.6) is 0 Å². The van der Waals surface area contributed by atoms with E-state index in [1.807, 2.05) is 12.1 Å². The Morgan fingerprint density at radius 2 is 2.00 bits per heavy atom. The van der Waals surface area contributed by atoms with Gasteiger partial charge in [0.05, 0.1) is 6.04 Å². The number of likely N-dealkylation sites (N-methyl/N-ethyl adjacent to an activating group) is 1. The van der Waals surface area contributed by atoms with Gasteiger partial charge in [0.1, 0.15) is 0 Å². The van der Waals surface area contributed by atoms with Crippen molar-refractivity contribution in [2.24, 2.45) is 0 Å². The molecular formula is C16H25N3O. The topological polar surface area (TPSA) is 44.4 Å². The van der Waals surface area contributed by atoms with Crippen LogP contribution in [0, 0.1) is 0 Å². The minimum atomic E-state index is -0.0957. The zero-order valence-electron chi connectivity index (χ0n) is 12.5. The lowest BCUT2D eigenvalue weighted by Gasteiger charge is -2.26. The highest BCUT2D eigenvalue weighted by atomic mass is 16.2. The molecule has 1 aromatic rings. The molecule has 2 N–H and O–H groups in total. The van der Waals surface area contributed by atoms with E-state index in [1.165, 1.54) is 11.1 Å². The Morgan fingerprint density at radius 3 is 2.70 bits per heavy atom. The SMILES string of the molecule is CCN(CC)CCNC(=O)[C@@H]1Cc2ccccc2CN1. The van der Waals surface area contributed by atoms with E-state index in [0.717, 1.165) is 39.1 Å². The summed E-state index contributed by atoms with van der Waals surface area (Å²) in [6.45, 7) is 8.77. The van der Waals surface area contributed by atoms with E-state index < -0.39 is 0 Å². The normalized spacial score (nSPS) is 17.9. The average Bonchev–Trinajstić information content (AvgIpc) is 2.51. The molecule has 20 heavy (non-hydrogen) atoms. The summed E-state index contributed by atoms with van der Waals surface area (Å²) in [7, 11) is 0. The maximum atomic E-state index is 12.2. The first kappa shape index (κ1) is 15.0. The highest BCUT2D eigenvalue weighted by molar-refractivity contribution is 5.82. The maximum absolute atomic E-state index is 12.2. The van der Waals surface area contributed by atoms with E-state index in [-0.39, 0.29) is 11.9 Å². The number of benzene rings is 1. The van der Waals surface area contributed by atoms with Gasteiger partial charge in [-0.25, -0.2) is 0 Å². The number of rotatable bonds is 6. The smallest absolute Gasteiger partial charge is 0.237 e. The van der Waals surface area contributed by atoms with Gasteiger partial charge in [0.15, 0.2) is 0 Å². The zero-order chi connectivity index (χ0) is 14.4. The molecule has 2 rings (SSSR count). The van der Waals surface area contributed by atoms with Gasteiger partial charge in [0, 0.05) is 19.6 Å². The fourth-order valence-corrected chi connectivity index (χ4v) is 2.64. The second-order valence-electron chi connectivity index (χ2n) is 5.22. The Bertz CT molecular complexity index is 443. The van der Waals surface area contributed by atoms with Gasteiger partial charge in [-0.1, -0.05) is 38.1 Å². The third-order valence-corrected chi connectivity index (χ3v) is 4.02. The lowest BCUT2D eigenvalue weighted by atomic mass is 9.95. The fourth-order valence-electron chi connectivity index (χ4n) is 2.64. The summed E-state index contributed by atoms with van der Waals surface area (Å²) < 4.78 is 0. The first-order valence-electron chi connectivity index (χ1n) is 7.54. The molecule has 1 amide bonds. The van der Waals surface area contributed by atoms with Gasteiger partial charge in [-0.15, -0.1) is 0 Å². The van der Waals surface area contributed by atoms with Crippen LogP contribution >= 0.6 is 0 Å². The van der Waals surface area contributed by atoms with Crippen LogP contribution in [0.3, 0.4) is 0 Å². The lowest BCUT2D eigenvalue weighted by molar-refractivity contribution is -0.123. The van der Waals surface area contributed by atoms with Crippen molar-refractivity contribution in [1.82, 2.24) is 15.5 Å². The van der Waals surface area contributed by atoms with E-state index in [2.05, 4.69) is 41.5 Å². The average molecular weight is 275 g/mol. The summed E-state index contributed by atoms with van der Waals surface area (Å²) in [6, 6.07) is 8.23. The summed E-state index contributed by atoms with van der Waals surface area (Å²) in [6.07, 6.45) is 0.785. The Labute approximate surface area is 121 Å². The van der Waals surface area contributed by atoms with Gasteiger partial charge < -0.3 is 15.5 Å². The van der Waals surface area contributed by atoms with Crippen LogP contribution in [-0.4, -0.2) is 43.0 Å². The molecule has 0 bridgehead atoms. The van der Waals surface area contributed by atoms with E-state index in [1.54, 1.807) is 0 Å². The first-order chi connectivity index (χ1) is 9.74. The van der Waals surface area contributed by atoms with E-state index in [0.29, 0.717) is 0 Å². The van der Waals surface area contributed by atoms with Gasteiger partial charge in [-0.05, 0) is 30.6 Å². The van der Waals surface area contributed by atoms with Gasteiger partial charge in [-0.3, -0.25) is 4.79 Å². The zero-order valence-corrected chi connectivity index (χ0v) is 12.5. The molecule has 0 radical (unpaired) electrons. The molecule has 0 unspecified atom stereocenters. The molecule has 1 heterocycles. The predicted molar refractivity (Wildman–Crippen MR) is 81.6 cm³/mol. The molecular weight excluding hydrogens is 250 g/mol. The third-order valence-electron chi connectivity index (χ3n) is 4.02. The highest BCUT2D eigenvalue weighted by Crippen LogP contribution is 2.16. The Kier molecular flexibility index (Phi) is 5.56.